The molecule has 2 aromatic rings. The largest absolute Gasteiger partial charge is 0.493 e. The van der Waals surface area contributed by atoms with Crippen molar-refractivity contribution >= 4 is 28.9 Å². The van der Waals surface area contributed by atoms with Gasteiger partial charge in [0.2, 0.25) is 0 Å². The molecule has 5 heteroatoms. The van der Waals surface area contributed by atoms with Gasteiger partial charge in [0.1, 0.15) is 5.75 Å². The highest BCUT2D eigenvalue weighted by Gasteiger charge is 2.14. The highest BCUT2D eigenvalue weighted by atomic mass is 32.1. The van der Waals surface area contributed by atoms with Gasteiger partial charge in [-0.05, 0) is 48.3 Å². The Labute approximate surface area is 173 Å². The van der Waals surface area contributed by atoms with Gasteiger partial charge in [0.05, 0.1) is 12.2 Å². The van der Waals surface area contributed by atoms with Crippen molar-refractivity contribution in [1.29, 1.82) is 0 Å². The maximum atomic E-state index is 12.7. The molecule has 2 N–H and O–H groups in total. The fraction of sp³-hybridized carbons (Fsp3) is 0.391. The molecule has 0 bridgehead atoms. The quantitative estimate of drug-likeness (QED) is 0.408. The standard InChI is InChI=1S/C23H30N2O2S/c1-4-5-6-11-16-27-21-15-10-8-13-19(21)22(26)25-23(28)24-20-14-9-7-12-18(20)17(2)3/h7-10,12-15,17H,4-6,11,16H2,1-3H3,(H2,24,25,26,28). The maximum Gasteiger partial charge on any atom is 0.261 e. The zero-order valence-corrected chi connectivity index (χ0v) is 17.8. The summed E-state index contributed by atoms with van der Waals surface area (Å²) < 4.78 is 5.83. The van der Waals surface area contributed by atoms with E-state index in [-0.39, 0.29) is 11.0 Å². The van der Waals surface area contributed by atoms with E-state index in [0.717, 1.165) is 24.1 Å². The summed E-state index contributed by atoms with van der Waals surface area (Å²) >= 11 is 5.35. The van der Waals surface area contributed by atoms with Crippen LogP contribution in [-0.2, 0) is 0 Å². The van der Waals surface area contributed by atoms with Crippen LogP contribution in [0.4, 0.5) is 5.69 Å². The second-order valence-electron chi connectivity index (χ2n) is 7.06. The highest BCUT2D eigenvalue weighted by molar-refractivity contribution is 7.80. The molecule has 0 aliphatic rings. The minimum atomic E-state index is -0.274. The molecular formula is C23H30N2O2S. The van der Waals surface area contributed by atoms with Crippen molar-refractivity contribution in [2.24, 2.45) is 0 Å². The van der Waals surface area contributed by atoms with Crippen LogP contribution in [0.15, 0.2) is 48.5 Å². The number of ether oxygens (including phenoxy) is 1. The third kappa shape index (κ3) is 6.64. The lowest BCUT2D eigenvalue weighted by Gasteiger charge is -2.16. The fourth-order valence-corrected chi connectivity index (χ4v) is 3.13. The Hall–Kier alpha value is -2.40. The van der Waals surface area contributed by atoms with E-state index in [1.807, 2.05) is 36.4 Å². The first kappa shape index (κ1) is 21.9. The molecule has 2 aromatic carbocycles. The second kappa shape index (κ2) is 11.4. The summed E-state index contributed by atoms with van der Waals surface area (Å²) in [6.45, 7) is 7.03. The molecule has 4 nitrogen and oxygen atoms in total. The van der Waals surface area contributed by atoms with Crippen LogP contribution in [0.1, 0.15) is 68.3 Å². The lowest BCUT2D eigenvalue weighted by Crippen LogP contribution is -2.34. The van der Waals surface area contributed by atoms with Crippen molar-refractivity contribution in [3.8, 4) is 5.75 Å². The third-order valence-corrected chi connectivity index (χ3v) is 4.65. The van der Waals surface area contributed by atoms with Crippen molar-refractivity contribution < 1.29 is 9.53 Å². The Morgan fingerprint density at radius 1 is 1.04 bits per heavy atom. The first-order valence-electron chi connectivity index (χ1n) is 9.96. The molecule has 28 heavy (non-hydrogen) atoms. The van der Waals surface area contributed by atoms with E-state index in [1.54, 1.807) is 6.07 Å². The summed E-state index contributed by atoms with van der Waals surface area (Å²) in [6.07, 6.45) is 4.50. The molecule has 0 spiro atoms. The first-order valence-corrected chi connectivity index (χ1v) is 10.4. The summed E-state index contributed by atoms with van der Waals surface area (Å²) in [5, 5.41) is 6.17. The number of rotatable bonds is 9. The summed E-state index contributed by atoms with van der Waals surface area (Å²) in [7, 11) is 0. The van der Waals surface area contributed by atoms with E-state index in [2.05, 4.69) is 37.5 Å². The molecule has 0 aliphatic heterocycles. The number of nitrogens with one attached hydrogen (secondary N) is 2. The Morgan fingerprint density at radius 3 is 2.50 bits per heavy atom. The zero-order chi connectivity index (χ0) is 20.4. The van der Waals surface area contributed by atoms with Crippen LogP contribution in [0.25, 0.3) is 0 Å². The fourth-order valence-electron chi connectivity index (χ4n) is 2.93. The molecule has 1 amide bonds. The summed E-state index contributed by atoms with van der Waals surface area (Å²) in [6, 6.07) is 15.2. The number of amides is 1. The number of hydrogen-bond donors (Lipinski definition) is 2. The molecule has 0 saturated heterocycles. The van der Waals surface area contributed by atoms with Crippen LogP contribution < -0.4 is 15.4 Å². The molecule has 0 heterocycles. The molecule has 0 saturated carbocycles. The summed E-state index contributed by atoms with van der Waals surface area (Å²) in [5.41, 5.74) is 2.54. The number of hydrogen-bond acceptors (Lipinski definition) is 3. The predicted octanol–water partition coefficient (Wildman–Crippen LogP) is 5.90. The van der Waals surface area contributed by atoms with Gasteiger partial charge in [-0.1, -0.05) is 70.4 Å². The van der Waals surface area contributed by atoms with E-state index in [4.69, 9.17) is 17.0 Å². The number of unbranched alkanes of at least 4 members (excludes halogenated alkanes) is 3. The van der Waals surface area contributed by atoms with E-state index < -0.39 is 0 Å². The number of carbonyl (C=O) groups is 1. The van der Waals surface area contributed by atoms with Gasteiger partial charge in [-0.15, -0.1) is 0 Å². The zero-order valence-electron chi connectivity index (χ0n) is 17.0. The van der Waals surface area contributed by atoms with Crippen LogP contribution in [0.2, 0.25) is 0 Å². The van der Waals surface area contributed by atoms with Crippen molar-refractivity contribution in [1.82, 2.24) is 5.32 Å². The molecule has 2 rings (SSSR count). The Bertz CT molecular complexity index is 790. The Morgan fingerprint density at radius 2 is 1.75 bits per heavy atom. The molecular weight excluding hydrogens is 368 g/mol. The number of benzene rings is 2. The minimum Gasteiger partial charge on any atom is -0.493 e. The van der Waals surface area contributed by atoms with Crippen LogP contribution in [-0.4, -0.2) is 17.6 Å². The summed E-state index contributed by atoms with van der Waals surface area (Å²) in [4.78, 5) is 12.7. The molecule has 0 aromatic heterocycles. The van der Waals surface area contributed by atoms with Gasteiger partial charge < -0.3 is 10.1 Å². The van der Waals surface area contributed by atoms with Gasteiger partial charge >= 0.3 is 0 Å². The maximum absolute atomic E-state index is 12.7. The first-order chi connectivity index (χ1) is 13.5. The monoisotopic (exact) mass is 398 g/mol. The normalized spacial score (nSPS) is 10.6. The average Bonchev–Trinajstić information content (AvgIpc) is 2.68. The van der Waals surface area contributed by atoms with Gasteiger partial charge in [-0.25, -0.2) is 0 Å². The minimum absolute atomic E-state index is 0.274. The number of anilines is 1. The Balaban J connectivity index is 1.98. The molecule has 0 radical (unpaired) electrons. The van der Waals surface area contributed by atoms with E-state index in [0.29, 0.717) is 23.8 Å². The lowest BCUT2D eigenvalue weighted by molar-refractivity contribution is 0.0973. The number of thiocarbonyl (C=S) groups is 1. The van der Waals surface area contributed by atoms with Gasteiger partial charge in [0.15, 0.2) is 5.11 Å². The van der Waals surface area contributed by atoms with Gasteiger partial charge in [-0.3, -0.25) is 10.1 Å². The van der Waals surface area contributed by atoms with Gasteiger partial charge in [0, 0.05) is 5.69 Å². The SMILES string of the molecule is CCCCCCOc1ccccc1C(=O)NC(=S)Nc1ccccc1C(C)C. The number of para-hydroxylation sites is 2. The molecule has 0 fully saturated rings. The number of carbonyl (C=O) groups excluding carboxylic acids is 1. The lowest BCUT2D eigenvalue weighted by atomic mass is 10.0. The summed E-state index contributed by atoms with van der Waals surface area (Å²) in [5.74, 6) is 0.662. The van der Waals surface area contributed by atoms with Crippen molar-refractivity contribution in [3.63, 3.8) is 0 Å². The van der Waals surface area contributed by atoms with Crippen LogP contribution in [0.3, 0.4) is 0 Å². The topological polar surface area (TPSA) is 50.4 Å². The van der Waals surface area contributed by atoms with E-state index >= 15 is 0 Å². The highest BCUT2D eigenvalue weighted by Crippen LogP contribution is 2.24. The average molecular weight is 399 g/mol. The molecule has 0 unspecified atom stereocenters. The van der Waals surface area contributed by atoms with Crippen LogP contribution in [0, 0.1) is 0 Å². The third-order valence-electron chi connectivity index (χ3n) is 4.45. The Kier molecular flexibility index (Phi) is 8.95. The molecule has 0 aliphatic carbocycles. The van der Waals surface area contributed by atoms with Crippen molar-refractivity contribution in [2.75, 3.05) is 11.9 Å². The molecule has 150 valence electrons. The van der Waals surface area contributed by atoms with Gasteiger partial charge in [0.25, 0.3) is 5.91 Å². The molecule has 0 atom stereocenters. The van der Waals surface area contributed by atoms with Crippen molar-refractivity contribution in [2.45, 2.75) is 52.4 Å². The predicted molar refractivity (Wildman–Crippen MR) is 120 cm³/mol. The van der Waals surface area contributed by atoms with Crippen molar-refractivity contribution in [3.05, 3.63) is 59.7 Å². The van der Waals surface area contributed by atoms with Gasteiger partial charge in [-0.2, -0.15) is 0 Å². The second-order valence-corrected chi connectivity index (χ2v) is 7.46. The van der Waals surface area contributed by atoms with E-state index in [9.17, 15) is 4.79 Å². The van der Waals surface area contributed by atoms with Crippen LogP contribution >= 0.6 is 12.2 Å². The van der Waals surface area contributed by atoms with Crippen LogP contribution in [0.5, 0.6) is 5.75 Å². The van der Waals surface area contributed by atoms with E-state index in [1.165, 1.54) is 12.8 Å². The smallest absolute Gasteiger partial charge is 0.261 e.